The second-order valence-electron chi connectivity index (χ2n) is 19.7. The van der Waals surface area contributed by atoms with E-state index < -0.39 is 35.2 Å². The summed E-state index contributed by atoms with van der Waals surface area (Å²) in [4.78, 5) is 41.3. The lowest BCUT2D eigenvalue weighted by atomic mass is 9.71. The van der Waals surface area contributed by atoms with Crippen LogP contribution in [-0.4, -0.2) is 50.5 Å². The summed E-state index contributed by atoms with van der Waals surface area (Å²) < 4.78 is 0. The summed E-state index contributed by atoms with van der Waals surface area (Å²) in [5.74, 6) is -2.45. The van der Waals surface area contributed by atoms with Crippen molar-refractivity contribution in [2.24, 2.45) is 0 Å². The lowest BCUT2D eigenvalue weighted by Crippen LogP contribution is -2.69. The summed E-state index contributed by atoms with van der Waals surface area (Å²) in [5.41, 5.74) is -5.75. The number of carbonyl (C=O) groups is 3. The van der Waals surface area contributed by atoms with Crippen molar-refractivity contribution in [3.05, 3.63) is 12.2 Å². The first-order valence-corrected chi connectivity index (χ1v) is 28.1. The van der Waals surface area contributed by atoms with E-state index in [-0.39, 0.29) is 19.3 Å². The Morgan fingerprint density at radius 1 is 0.317 bits per heavy atom. The number of unbranched alkanes of at least 4 members (excludes halogenated alkanes) is 39. The highest BCUT2D eigenvalue weighted by Crippen LogP contribution is 2.32. The molecular formula is C57H108O6. The molecule has 1 unspecified atom stereocenters. The molecule has 0 radical (unpaired) electrons. The van der Waals surface area contributed by atoms with Crippen molar-refractivity contribution < 1.29 is 29.7 Å². The molecule has 0 spiro atoms. The lowest BCUT2D eigenvalue weighted by molar-refractivity contribution is -0.194. The average Bonchev–Trinajstić information content (AvgIpc) is 3.29. The summed E-state index contributed by atoms with van der Waals surface area (Å²) >= 11 is 0. The SMILES string of the molecule is CCCCCCCCC=CCCCCCCCC(=O)C(O)(CO)C(O)(C(=O)CCCCCCCCCCCCCCCCC)C(=O)CCCCCCCCCCCCCCCCC. The van der Waals surface area contributed by atoms with Crippen LogP contribution in [-0.2, 0) is 14.4 Å². The summed E-state index contributed by atoms with van der Waals surface area (Å²) in [7, 11) is 0. The van der Waals surface area contributed by atoms with Gasteiger partial charge in [0.2, 0.25) is 5.60 Å². The third kappa shape index (κ3) is 32.9. The van der Waals surface area contributed by atoms with Crippen molar-refractivity contribution in [3.8, 4) is 0 Å². The zero-order chi connectivity index (χ0) is 46.4. The molecule has 0 aromatic heterocycles. The number of aliphatic hydroxyl groups is 3. The zero-order valence-corrected chi connectivity index (χ0v) is 42.5. The van der Waals surface area contributed by atoms with Gasteiger partial charge >= 0.3 is 0 Å². The topological polar surface area (TPSA) is 112 Å². The smallest absolute Gasteiger partial charge is 0.219 e. The third-order valence-corrected chi connectivity index (χ3v) is 13.8. The second-order valence-corrected chi connectivity index (χ2v) is 19.7. The van der Waals surface area contributed by atoms with E-state index in [2.05, 4.69) is 32.9 Å². The largest absolute Gasteiger partial charge is 0.393 e. The van der Waals surface area contributed by atoms with Crippen molar-refractivity contribution in [1.29, 1.82) is 0 Å². The highest BCUT2D eigenvalue weighted by Gasteiger charge is 2.62. The molecule has 6 nitrogen and oxygen atoms in total. The Labute approximate surface area is 391 Å². The molecule has 0 amide bonds. The van der Waals surface area contributed by atoms with Crippen molar-refractivity contribution >= 4 is 17.3 Å². The van der Waals surface area contributed by atoms with Gasteiger partial charge in [0, 0.05) is 19.3 Å². The van der Waals surface area contributed by atoms with Crippen LogP contribution in [0.4, 0.5) is 0 Å². The van der Waals surface area contributed by atoms with Crippen molar-refractivity contribution in [1.82, 2.24) is 0 Å². The minimum Gasteiger partial charge on any atom is -0.393 e. The number of carbonyl (C=O) groups excluding carboxylic acids is 3. The average molecular weight is 889 g/mol. The minimum absolute atomic E-state index is 0.0873. The maximum atomic E-state index is 13.8. The molecule has 0 heterocycles. The molecule has 6 heteroatoms. The third-order valence-electron chi connectivity index (χ3n) is 13.8. The number of hydrogen-bond donors (Lipinski definition) is 3. The molecule has 0 aromatic rings. The molecule has 63 heavy (non-hydrogen) atoms. The van der Waals surface area contributed by atoms with E-state index in [1.807, 2.05) is 0 Å². The van der Waals surface area contributed by atoms with Crippen LogP contribution in [0.15, 0.2) is 12.2 Å². The van der Waals surface area contributed by atoms with E-state index in [4.69, 9.17) is 0 Å². The molecule has 0 saturated heterocycles. The van der Waals surface area contributed by atoms with Gasteiger partial charge in [-0.15, -0.1) is 0 Å². The molecule has 3 N–H and O–H groups in total. The number of rotatable bonds is 52. The first-order valence-electron chi connectivity index (χ1n) is 28.1. The maximum Gasteiger partial charge on any atom is 0.219 e. The molecule has 0 aliphatic carbocycles. The van der Waals surface area contributed by atoms with Gasteiger partial charge in [0.25, 0.3) is 0 Å². The Hall–Kier alpha value is -1.37. The Morgan fingerprint density at radius 3 is 0.762 bits per heavy atom. The van der Waals surface area contributed by atoms with Crippen LogP contribution >= 0.6 is 0 Å². The van der Waals surface area contributed by atoms with E-state index in [0.29, 0.717) is 19.3 Å². The molecule has 0 aromatic carbocycles. The molecule has 0 rings (SSSR count). The molecule has 0 saturated carbocycles. The van der Waals surface area contributed by atoms with E-state index in [9.17, 15) is 29.7 Å². The molecule has 372 valence electrons. The predicted octanol–water partition coefficient (Wildman–Crippen LogP) is 16.7. The number of ketones is 3. The Morgan fingerprint density at radius 2 is 0.524 bits per heavy atom. The summed E-state index contributed by atoms with van der Waals surface area (Å²) in [6.45, 7) is 5.61. The van der Waals surface area contributed by atoms with E-state index in [1.54, 1.807) is 0 Å². The molecule has 0 aliphatic heterocycles. The van der Waals surface area contributed by atoms with Gasteiger partial charge in [-0.25, -0.2) is 0 Å². The highest BCUT2D eigenvalue weighted by atomic mass is 16.4. The van der Waals surface area contributed by atoms with Gasteiger partial charge in [-0.05, 0) is 44.9 Å². The van der Waals surface area contributed by atoms with Gasteiger partial charge in [0.15, 0.2) is 23.0 Å². The Kier molecular flexibility index (Phi) is 44.8. The van der Waals surface area contributed by atoms with Crippen LogP contribution in [0.5, 0.6) is 0 Å². The van der Waals surface area contributed by atoms with Gasteiger partial charge in [0.05, 0.1) is 6.61 Å². The quantitative estimate of drug-likeness (QED) is 0.0319. The van der Waals surface area contributed by atoms with Crippen LogP contribution in [0.3, 0.4) is 0 Å². The van der Waals surface area contributed by atoms with Crippen LogP contribution in [0.2, 0.25) is 0 Å². The zero-order valence-electron chi connectivity index (χ0n) is 42.5. The van der Waals surface area contributed by atoms with Gasteiger partial charge in [0.1, 0.15) is 0 Å². The van der Waals surface area contributed by atoms with Crippen molar-refractivity contribution in [3.63, 3.8) is 0 Å². The van der Waals surface area contributed by atoms with Crippen LogP contribution in [0.25, 0.3) is 0 Å². The Bertz CT molecular complexity index is 1010. The van der Waals surface area contributed by atoms with Crippen LogP contribution in [0.1, 0.15) is 316 Å². The molecule has 0 fully saturated rings. The number of aliphatic hydroxyl groups excluding tert-OH is 1. The second kappa shape index (κ2) is 45.8. The van der Waals surface area contributed by atoms with Crippen molar-refractivity contribution in [2.45, 2.75) is 327 Å². The fourth-order valence-corrected chi connectivity index (χ4v) is 9.26. The van der Waals surface area contributed by atoms with Gasteiger partial charge in [-0.2, -0.15) is 0 Å². The molecular weight excluding hydrogens is 781 g/mol. The summed E-state index contributed by atoms with van der Waals surface area (Å²) in [6.07, 6.45) is 54.2. The first kappa shape index (κ1) is 61.6. The summed E-state index contributed by atoms with van der Waals surface area (Å²) in [6, 6.07) is 0. The van der Waals surface area contributed by atoms with E-state index in [1.165, 1.54) is 180 Å². The van der Waals surface area contributed by atoms with Crippen molar-refractivity contribution in [2.75, 3.05) is 6.61 Å². The molecule has 0 aliphatic rings. The highest BCUT2D eigenvalue weighted by molar-refractivity contribution is 6.16. The molecule has 1 atom stereocenters. The fraction of sp³-hybridized carbons (Fsp3) is 0.912. The molecule has 0 bridgehead atoms. The van der Waals surface area contributed by atoms with E-state index >= 15 is 0 Å². The van der Waals surface area contributed by atoms with Gasteiger partial charge < -0.3 is 15.3 Å². The van der Waals surface area contributed by atoms with Gasteiger partial charge in [-0.1, -0.05) is 264 Å². The van der Waals surface area contributed by atoms with Gasteiger partial charge in [-0.3, -0.25) is 14.4 Å². The first-order chi connectivity index (χ1) is 30.8. The minimum atomic E-state index is -2.92. The number of hydrogen-bond acceptors (Lipinski definition) is 6. The standard InChI is InChI=1S/C57H108O6/c1-4-7-10-13-16-19-22-25-28-31-34-37-40-43-46-49-53(59)56(62,52-58)57(63,54(60)50-47-44-41-38-35-32-29-26-23-20-17-14-11-8-5-2)55(61)51-48-45-42-39-36-33-30-27-24-21-18-15-12-9-6-3/h25,28,58,62-63H,4-24,26-27,29-52H2,1-3H3. The Balaban J connectivity index is 4.90. The maximum absolute atomic E-state index is 13.8. The van der Waals surface area contributed by atoms with E-state index in [0.717, 1.165) is 77.0 Å². The monoisotopic (exact) mass is 889 g/mol. The lowest BCUT2D eigenvalue weighted by Gasteiger charge is -2.39. The number of allylic oxidation sites excluding steroid dienone is 2. The van der Waals surface area contributed by atoms with Crippen LogP contribution in [0, 0.1) is 0 Å². The summed E-state index contributed by atoms with van der Waals surface area (Å²) in [5, 5.41) is 34.2. The number of Topliss-reactive ketones (excluding diaryl/α,β-unsaturated/α-hetero) is 3. The fourth-order valence-electron chi connectivity index (χ4n) is 9.26. The van der Waals surface area contributed by atoms with Crippen LogP contribution < -0.4 is 0 Å². The normalized spacial score (nSPS) is 13.0. The predicted molar refractivity (Wildman–Crippen MR) is 271 cm³/mol.